The normalized spacial score (nSPS) is 21.7. The highest BCUT2D eigenvalue weighted by Gasteiger charge is 2.48. The van der Waals surface area contributed by atoms with Gasteiger partial charge in [0, 0.05) is 21.7 Å². The summed E-state index contributed by atoms with van der Waals surface area (Å²) in [5.74, 6) is -1.07. The number of halogens is 3. The fourth-order valence-corrected chi connectivity index (χ4v) is 6.60. The molecule has 2 saturated heterocycles. The van der Waals surface area contributed by atoms with Gasteiger partial charge in [-0.05, 0) is 77.9 Å². The van der Waals surface area contributed by atoms with Crippen molar-refractivity contribution in [3.8, 4) is 0 Å². The summed E-state index contributed by atoms with van der Waals surface area (Å²) >= 11 is 14.3. The summed E-state index contributed by atoms with van der Waals surface area (Å²) in [7, 11) is -4.26. The van der Waals surface area contributed by atoms with Crippen LogP contribution in [0.3, 0.4) is 0 Å². The fraction of sp³-hybridized carbons (Fsp3) is 0.333. The quantitative estimate of drug-likeness (QED) is 0.364. The van der Waals surface area contributed by atoms with Crippen molar-refractivity contribution in [2.75, 3.05) is 18.1 Å². The second-order valence-electron chi connectivity index (χ2n) is 7.55. The summed E-state index contributed by atoms with van der Waals surface area (Å²) in [5, 5.41) is 0.178. The van der Waals surface area contributed by atoms with Crippen molar-refractivity contribution in [1.29, 1.82) is 0 Å². The van der Waals surface area contributed by atoms with E-state index in [-0.39, 0.29) is 34.0 Å². The van der Waals surface area contributed by atoms with Gasteiger partial charge < -0.3 is 4.74 Å². The Morgan fingerprint density at radius 2 is 1.84 bits per heavy atom. The summed E-state index contributed by atoms with van der Waals surface area (Å²) in [6.07, 6.45) is 0.806. The van der Waals surface area contributed by atoms with Crippen LogP contribution in [0.25, 0.3) is 0 Å². The smallest absolute Gasteiger partial charge is 0.252 e. The molecule has 0 spiro atoms. The number of imide groups is 1. The van der Waals surface area contributed by atoms with Gasteiger partial charge in [-0.15, -0.1) is 0 Å². The van der Waals surface area contributed by atoms with E-state index < -0.39 is 27.9 Å². The van der Waals surface area contributed by atoms with E-state index in [1.54, 1.807) is 24.3 Å². The van der Waals surface area contributed by atoms with Crippen LogP contribution in [0.4, 0.5) is 5.69 Å². The maximum Gasteiger partial charge on any atom is 0.252 e. The van der Waals surface area contributed by atoms with Crippen LogP contribution in [0.1, 0.15) is 19.3 Å². The molecule has 2 unspecified atom stereocenters. The molecule has 0 saturated carbocycles. The molecule has 2 heterocycles. The van der Waals surface area contributed by atoms with Gasteiger partial charge in [-0.25, -0.2) is 13.3 Å². The number of amides is 2. The predicted molar refractivity (Wildman–Crippen MR) is 129 cm³/mol. The molecule has 0 radical (unpaired) electrons. The second kappa shape index (κ2) is 9.55. The van der Waals surface area contributed by atoms with Crippen LogP contribution in [-0.2, 0) is 24.3 Å². The lowest BCUT2D eigenvalue weighted by Gasteiger charge is -2.29. The van der Waals surface area contributed by atoms with Gasteiger partial charge in [0.15, 0.2) is 0 Å². The highest BCUT2D eigenvalue weighted by molar-refractivity contribution is 14.1. The van der Waals surface area contributed by atoms with Crippen LogP contribution in [0.5, 0.6) is 0 Å². The molecule has 2 fully saturated rings. The molecule has 11 heteroatoms. The average Bonchev–Trinajstić information content (AvgIpc) is 3.36. The van der Waals surface area contributed by atoms with E-state index in [1.807, 2.05) is 0 Å². The van der Waals surface area contributed by atoms with Crippen molar-refractivity contribution >= 4 is 73.3 Å². The Morgan fingerprint density at radius 3 is 2.50 bits per heavy atom. The fourth-order valence-electron chi connectivity index (χ4n) is 3.89. The molecule has 0 bridgehead atoms. The van der Waals surface area contributed by atoms with E-state index in [0.29, 0.717) is 18.7 Å². The van der Waals surface area contributed by atoms with Gasteiger partial charge in [-0.1, -0.05) is 23.2 Å². The molecule has 7 nitrogen and oxygen atoms in total. The van der Waals surface area contributed by atoms with Gasteiger partial charge in [0.1, 0.15) is 10.9 Å². The Hall–Kier alpha value is -1.24. The molecular formula is C21H19Cl2IN2O5S. The van der Waals surface area contributed by atoms with E-state index >= 15 is 0 Å². The molecule has 2 amide bonds. The van der Waals surface area contributed by atoms with Crippen LogP contribution in [0.15, 0.2) is 47.4 Å². The topological polar surface area (TPSA) is 84.0 Å². The minimum atomic E-state index is -4.26. The van der Waals surface area contributed by atoms with Crippen molar-refractivity contribution in [2.24, 2.45) is 0 Å². The summed E-state index contributed by atoms with van der Waals surface area (Å²) < 4.78 is 35.0. The zero-order chi connectivity index (χ0) is 23.0. The molecule has 2 atom stereocenters. The monoisotopic (exact) mass is 608 g/mol. The first kappa shape index (κ1) is 23.9. The molecule has 170 valence electrons. The van der Waals surface area contributed by atoms with E-state index in [2.05, 4.69) is 22.6 Å². The number of rotatable bonds is 6. The first-order valence-electron chi connectivity index (χ1n) is 9.89. The Kier molecular flexibility index (Phi) is 7.14. The molecule has 0 N–H and O–H groups in total. The Morgan fingerprint density at radius 1 is 1.12 bits per heavy atom. The number of anilines is 1. The minimum Gasteiger partial charge on any atom is -0.377 e. The number of ether oxygens (including phenoxy) is 1. The predicted octanol–water partition coefficient (Wildman–Crippen LogP) is 4.10. The molecule has 0 aromatic heterocycles. The Balaban J connectivity index is 1.73. The first-order chi connectivity index (χ1) is 15.2. The molecule has 4 rings (SSSR count). The zero-order valence-electron chi connectivity index (χ0n) is 16.7. The van der Waals surface area contributed by atoms with E-state index in [9.17, 15) is 18.0 Å². The van der Waals surface area contributed by atoms with Crippen LogP contribution in [-0.4, -0.2) is 49.8 Å². The number of carbonyl (C=O) groups is 2. The van der Waals surface area contributed by atoms with Crippen LogP contribution >= 0.6 is 45.8 Å². The van der Waals surface area contributed by atoms with E-state index in [1.165, 1.54) is 18.2 Å². The second-order valence-corrected chi connectivity index (χ2v) is 11.5. The summed E-state index contributed by atoms with van der Waals surface area (Å²) in [6, 6.07) is 9.79. The molecule has 2 aromatic carbocycles. The summed E-state index contributed by atoms with van der Waals surface area (Å²) in [5.41, 5.74) is 0.401. The molecule has 0 aliphatic carbocycles. The van der Waals surface area contributed by atoms with Crippen molar-refractivity contribution in [1.82, 2.24) is 4.31 Å². The minimum absolute atomic E-state index is 0.0157. The van der Waals surface area contributed by atoms with Crippen LogP contribution in [0, 0.1) is 3.57 Å². The van der Waals surface area contributed by atoms with Crippen LogP contribution in [0.2, 0.25) is 10.0 Å². The average molecular weight is 609 g/mol. The highest BCUT2D eigenvalue weighted by Crippen LogP contribution is 2.34. The SMILES string of the molecule is O=C1CC(N(CC2CCCO2)S(=O)(=O)c2cc(Cl)ccc2Cl)C(=O)N1c1ccc(I)cc1. The summed E-state index contributed by atoms with van der Waals surface area (Å²) in [4.78, 5) is 27.0. The zero-order valence-corrected chi connectivity index (χ0v) is 21.2. The van der Waals surface area contributed by atoms with Crippen molar-refractivity contribution in [2.45, 2.75) is 36.3 Å². The lowest BCUT2D eigenvalue weighted by atomic mass is 10.2. The Bertz CT molecular complexity index is 1150. The molecule has 2 aliphatic heterocycles. The highest BCUT2D eigenvalue weighted by atomic mass is 127. The van der Waals surface area contributed by atoms with Crippen LogP contribution < -0.4 is 4.90 Å². The lowest BCUT2D eigenvalue weighted by Crippen LogP contribution is -2.48. The largest absolute Gasteiger partial charge is 0.377 e. The van der Waals surface area contributed by atoms with Gasteiger partial charge in [0.05, 0.1) is 23.2 Å². The number of nitrogens with zero attached hydrogens (tertiary/aromatic N) is 2. The number of benzene rings is 2. The third-order valence-electron chi connectivity index (χ3n) is 5.44. The Labute approximate surface area is 209 Å². The number of carbonyl (C=O) groups excluding carboxylic acids is 2. The molecule has 32 heavy (non-hydrogen) atoms. The summed E-state index contributed by atoms with van der Waals surface area (Å²) in [6.45, 7) is 0.457. The number of hydrogen-bond donors (Lipinski definition) is 0. The third kappa shape index (κ3) is 4.69. The molecule has 2 aliphatic rings. The maximum absolute atomic E-state index is 13.7. The van der Waals surface area contributed by atoms with Crippen molar-refractivity contribution in [3.63, 3.8) is 0 Å². The van der Waals surface area contributed by atoms with Gasteiger partial charge in [0.25, 0.3) is 5.91 Å². The third-order valence-corrected chi connectivity index (χ3v) is 8.75. The van der Waals surface area contributed by atoms with E-state index in [4.69, 9.17) is 27.9 Å². The van der Waals surface area contributed by atoms with Gasteiger partial charge in [0.2, 0.25) is 15.9 Å². The maximum atomic E-state index is 13.7. The van der Waals surface area contributed by atoms with E-state index in [0.717, 1.165) is 19.2 Å². The number of sulfonamides is 1. The lowest BCUT2D eigenvalue weighted by molar-refractivity contribution is -0.122. The van der Waals surface area contributed by atoms with Gasteiger partial charge in [-0.2, -0.15) is 4.31 Å². The van der Waals surface area contributed by atoms with Crippen molar-refractivity contribution in [3.05, 3.63) is 56.1 Å². The molecule has 2 aromatic rings. The molecular weight excluding hydrogens is 590 g/mol. The standard InChI is InChI=1S/C21H19Cl2IN2O5S/c22-13-3-8-17(23)19(10-13)32(29,30)25(12-16-2-1-9-31-16)18-11-20(27)26(21(18)28)15-6-4-14(24)5-7-15/h3-8,10,16,18H,1-2,9,11-12H2. The number of hydrogen-bond acceptors (Lipinski definition) is 5. The first-order valence-corrected chi connectivity index (χ1v) is 13.2. The van der Waals surface area contributed by atoms with Gasteiger partial charge in [-0.3, -0.25) is 9.59 Å². The van der Waals surface area contributed by atoms with Crippen molar-refractivity contribution < 1.29 is 22.7 Å². The van der Waals surface area contributed by atoms with Gasteiger partial charge >= 0.3 is 0 Å².